The minimum absolute atomic E-state index is 0.152. The Bertz CT molecular complexity index is 1250. The van der Waals surface area contributed by atoms with Gasteiger partial charge < -0.3 is 10.1 Å². The first-order valence-corrected chi connectivity index (χ1v) is 13.6. The largest absolute Gasteiger partial charge is 0.438 e. The number of ether oxygens (including phenoxy) is 1. The number of sulfonamides is 1. The first-order valence-electron chi connectivity index (χ1n) is 12.1. The third-order valence-electron chi connectivity index (χ3n) is 6.12. The summed E-state index contributed by atoms with van der Waals surface area (Å²) in [5.41, 5.74) is 1.87. The van der Waals surface area contributed by atoms with E-state index in [-0.39, 0.29) is 16.7 Å². The molecular weight excluding hydrogens is 462 g/mol. The predicted octanol–water partition coefficient (Wildman–Crippen LogP) is 5.86. The highest BCUT2D eigenvalue weighted by atomic mass is 32.2. The monoisotopic (exact) mass is 493 g/mol. The van der Waals surface area contributed by atoms with E-state index in [9.17, 15) is 13.2 Å². The van der Waals surface area contributed by atoms with Gasteiger partial charge in [0.05, 0.1) is 10.6 Å². The topological polar surface area (TPSA) is 97.4 Å². The highest BCUT2D eigenvalue weighted by molar-refractivity contribution is 7.92. The van der Waals surface area contributed by atoms with Crippen LogP contribution in [-0.4, -0.2) is 25.9 Å². The molecule has 0 saturated heterocycles. The number of hydrogen-bond donors (Lipinski definition) is 2. The van der Waals surface area contributed by atoms with Crippen LogP contribution in [0, 0.1) is 0 Å². The Hall–Kier alpha value is -3.39. The maximum atomic E-state index is 13.0. The molecule has 35 heavy (non-hydrogen) atoms. The molecule has 1 saturated carbocycles. The predicted molar refractivity (Wildman–Crippen MR) is 136 cm³/mol. The molecule has 0 aliphatic heterocycles. The zero-order chi connectivity index (χ0) is 24.7. The molecule has 2 N–H and O–H groups in total. The van der Waals surface area contributed by atoms with E-state index in [1.807, 2.05) is 19.1 Å². The zero-order valence-corrected chi connectivity index (χ0v) is 20.7. The lowest BCUT2D eigenvalue weighted by Crippen LogP contribution is -2.24. The molecule has 0 radical (unpaired) electrons. The second-order valence-corrected chi connectivity index (χ2v) is 10.4. The van der Waals surface area contributed by atoms with E-state index in [1.54, 1.807) is 48.5 Å². The van der Waals surface area contributed by atoms with Crippen LogP contribution < -0.4 is 14.8 Å². The van der Waals surface area contributed by atoms with Crippen molar-refractivity contribution in [2.75, 3.05) is 11.3 Å². The fourth-order valence-electron chi connectivity index (χ4n) is 4.28. The quantitative estimate of drug-likeness (QED) is 0.389. The second kappa shape index (κ2) is 11.4. The van der Waals surface area contributed by atoms with Crippen LogP contribution in [0.15, 0.2) is 71.8 Å². The molecule has 4 rings (SSSR count). The average Bonchev–Trinajstić information content (AvgIpc) is 2.88. The summed E-state index contributed by atoms with van der Waals surface area (Å²) in [6, 6.07) is 17.1. The van der Waals surface area contributed by atoms with E-state index in [0.717, 1.165) is 19.3 Å². The van der Waals surface area contributed by atoms with Crippen LogP contribution in [0.5, 0.6) is 11.6 Å². The molecule has 1 aliphatic rings. The summed E-state index contributed by atoms with van der Waals surface area (Å²) in [7, 11) is -3.77. The summed E-state index contributed by atoms with van der Waals surface area (Å²) in [5, 5.41) is 2.81. The van der Waals surface area contributed by atoms with Crippen LogP contribution in [0.3, 0.4) is 0 Å². The fraction of sp³-hybridized carbons (Fsp3) is 0.333. The normalized spacial score (nSPS) is 14.3. The van der Waals surface area contributed by atoms with Gasteiger partial charge in [0, 0.05) is 18.8 Å². The summed E-state index contributed by atoms with van der Waals surface area (Å²) in [6.07, 6.45) is 8.42. The molecule has 0 atom stereocenters. The van der Waals surface area contributed by atoms with Gasteiger partial charge in [-0.15, -0.1) is 0 Å². The minimum atomic E-state index is -3.77. The van der Waals surface area contributed by atoms with Crippen molar-refractivity contribution in [2.45, 2.75) is 56.3 Å². The number of aromatic nitrogens is 1. The number of carbonyl (C=O) groups excluding carboxylic acids is 1. The van der Waals surface area contributed by atoms with Crippen LogP contribution in [0.1, 0.15) is 67.3 Å². The molecule has 3 aromatic rings. The Morgan fingerprint density at radius 2 is 1.80 bits per heavy atom. The highest BCUT2D eigenvalue weighted by Gasteiger charge is 2.19. The second-order valence-electron chi connectivity index (χ2n) is 8.75. The van der Waals surface area contributed by atoms with Gasteiger partial charge >= 0.3 is 0 Å². The fourth-order valence-corrected chi connectivity index (χ4v) is 5.33. The lowest BCUT2D eigenvalue weighted by Gasteiger charge is -2.22. The Balaban J connectivity index is 1.47. The van der Waals surface area contributed by atoms with Crippen LogP contribution >= 0.6 is 0 Å². The number of benzene rings is 2. The van der Waals surface area contributed by atoms with Gasteiger partial charge in [-0.3, -0.25) is 9.52 Å². The molecule has 7 nitrogen and oxygen atoms in total. The standard InChI is InChI=1S/C27H31N3O4S/c1-2-17-28-26(31)25-12-7-18-29-27(25)34-23-11-6-10-22(19-23)30-35(32,33)24-15-13-21(14-16-24)20-8-4-3-5-9-20/h6-7,10-16,18-20,30H,2-5,8-9,17H2,1H3,(H,28,31). The zero-order valence-electron chi connectivity index (χ0n) is 19.9. The Morgan fingerprint density at radius 3 is 2.54 bits per heavy atom. The molecule has 0 unspecified atom stereocenters. The smallest absolute Gasteiger partial charge is 0.261 e. The molecule has 0 bridgehead atoms. The number of carbonyl (C=O) groups is 1. The molecule has 8 heteroatoms. The van der Waals surface area contributed by atoms with Gasteiger partial charge in [0.1, 0.15) is 11.3 Å². The molecule has 1 aromatic heterocycles. The van der Waals surface area contributed by atoms with Crippen molar-refractivity contribution in [1.29, 1.82) is 0 Å². The lowest BCUT2D eigenvalue weighted by molar-refractivity contribution is 0.0950. The van der Waals surface area contributed by atoms with E-state index in [4.69, 9.17) is 4.74 Å². The van der Waals surface area contributed by atoms with Gasteiger partial charge in [0.2, 0.25) is 5.88 Å². The third kappa shape index (κ3) is 6.39. The molecule has 1 aliphatic carbocycles. The molecule has 184 valence electrons. The van der Waals surface area contributed by atoms with Gasteiger partial charge in [-0.1, -0.05) is 44.4 Å². The van der Waals surface area contributed by atoms with Gasteiger partial charge in [-0.2, -0.15) is 0 Å². The van der Waals surface area contributed by atoms with Crippen molar-refractivity contribution in [3.05, 3.63) is 78.0 Å². The van der Waals surface area contributed by atoms with E-state index < -0.39 is 10.0 Å². The van der Waals surface area contributed by atoms with Crippen molar-refractivity contribution in [1.82, 2.24) is 10.3 Å². The number of hydrogen-bond acceptors (Lipinski definition) is 5. The van der Waals surface area contributed by atoms with Crippen molar-refractivity contribution in [2.24, 2.45) is 0 Å². The molecule has 0 spiro atoms. The number of pyridine rings is 1. The van der Waals surface area contributed by atoms with Gasteiger partial charge in [-0.05, 0) is 67.1 Å². The van der Waals surface area contributed by atoms with Crippen molar-refractivity contribution in [3.8, 4) is 11.6 Å². The maximum absolute atomic E-state index is 13.0. The Kier molecular flexibility index (Phi) is 8.02. The van der Waals surface area contributed by atoms with Gasteiger partial charge in [0.15, 0.2) is 0 Å². The number of nitrogens with one attached hydrogen (secondary N) is 2. The summed E-state index contributed by atoms with van der Waals surface area (Å²) in [6.45, 7) is 2.52. The number of anilines is 1. The van der Waals surface area contributed by atoms with Crippen molar-refractivity contribution in [3.63, 3.8) is 0 Å². The molecular formula is C27H31N3O4S. The summed E-state index contributed by atoms with van der Waals surface area (Å²) >= 11 is 0. The lowest BCUT2D eigenvalue weighted by atomic mass is 9.84. The van der Waals surface area contributed by atoms with Crippen molar-refractivity contribution < 1.29 is 17.9 Å². The molecule has 1 amide bonds. The summed E-state index contributed by atoms with van der Waals surface area (Å²) in [4.78, 5) is 16.8. The Morgan fingerprint density at radius 1 is 1.03 bits per heavy atom. The number of nitrogens with zero attached hydrogens (tertiary/aromatic N) is 1. The highest BCUT2D eigenvalue weighted by Crippen LogP contribution is 2.33. The van der Waals surface area contributed by atoms with E-state index in [1.165, 1.54) is 31.0 Å². The van der Waals surface area contributed by atoms with Gasteiger partial charge in [0.25, 0.3) is 15.9 Å². The van der Waals surface area contributed by atoms with Crippen LogP contribution in [0.2, 0.25) is 0 Å². The van der Waals surface area contributed by atoms with E-state index in [2.05, 4.69) is 15.0 Å². The Labute approximate surface area is 207 Å². The molecule has 2 aromatic carbocycles. The first-order chi connectivity index (χ1) is 17.0. The minimum Gasteiger partial charge on any atom is -0.438 e. The molecule has 1 heterocycles. The summed E-state index contributed by atoms with van der Waals surface area (Å²) in [5.74, 6) is 0.756. The van der Waals surface area contributed by atoms with Crippen molar-refractivity contribution >= 4 is 21.6 Å². The van der Waals surface area contributed by atoms with Crippen LogP contribution in [0.25, 0.3) is 0 Å². The van der Waals surface area contributed by atoms with Gasteiger partial charge in [-0.25, -0.2) is 13.4 Å². The van der Waals surface area contributed by atoms with Crippen LogP contribution in [0.4, 0.5) is 5.69 Å². The SMILES string of the molecule is CCCNC(=O)c1cccnc1Oc1cccc(NS(=O)(=O)c2ccc(C3CCCCC3)cc2)c1. The van der Waals surface area contributed by atoms with E-state index >= 15 is 0 Å². The third-order valence-corrected chi connectivity index (χ3v) is 7.52. The molecule has 1 fully saturated rings. The number of amides is 1. The summed E-state index contributed by atoms with van der Waals surface area (Å²) < 4.78 is 34.4. The van der Waals surface area contributed by atoms with E-state index in [0.29, 0.717) is 29.5 Å². The average molecular weight is 494 g/mol. The first kappa shape index (κ1) is 24.7. The maximum Gasteiger partial charge on any atom is 0.261 e. The van der Waals surface area contributed by atoms with Crippen LogP contribution in [-0.2, 0) is 10.0 Å². The number of rotatable bonds is 9.